The van der Waals surface area contributed by atoms with E-state index in [0.29, 0.717) is 29.8 Å². The van der Waals surface area contributed by atoms with Gasteiger partial charge in [-0.1, -0.05) is 41.5 Å². The molecule has 0 aliphatic carbocycles. The molecule has 0 radical (unpaired) electrons. The minimum absolute atomic E-state index is 0.104. The van der Waals surface area contributed by atoms with Crippen molar-refractivity contribution in [2.75, 3.05) is 13.1 Å². The summed E-state index contributed by atoms with van der Waals surface area (Å²) in [6.45, 7) is 14.8. The molecule has 1 N–H and O–H groups in total. The third-order valence-corrected chi connectivity index (χ3v) is 3.78. The summed E-state index contributed by atoms with van der Waals surface area (Å²) >= 11 is 0. The summed E-state index contributed by atoms with van der Waals surface area (Å²) in [6.07, 6.45) is 2.25. The molecule has 0 bridgehead atoms. The topological polar surface area (TPSA) is 32.3 Å². The van der Waals surface area contributed by atoms with Crippen LogP contribution in [-0.4, -0.2) is 36.0 Å². The quantitative estimate of drug-likeness (QED) is 0.831. The van der Waals surface area contributed by atoms with Gasteiger partial charge < -0.3 is 10.2 Å². The zero-order valence-corrected chi connectivity index (χ0v) is 13.6. The number of rotatable bonds is 5. The van der Waals surface area contributed by atoms with Gasteiger partial charge in [-0.15, -0.1) is 0 Å². The number of piperazine rings is 1. The van der Waals surface area contributed by atoms with E-state index in [0.717, 1.165) is 25.9 Å². The van der Waals surface area contributed by atoms with Crippen molar-refractivity contribution in [3.8, 4) is 0 Å². The largest absolute Gasteiger partial charge is 0.337 e. The average Bonchev–Trinajstić information content (AvgIpc) is 2.28. The molecule has 112 valence electrons. The highest BCUT2D eigenvalue weighted by Gasteiger charge is 2.32. The molecule has 0 aromatic heterocycles. The van der Waals surface area contributed by atoms with Gasteiger partial charge in [0.2, 0.25) is 5.91 Å². The van der Waals surface area contributed by atoms with E-state index in [1.54, 1.807) is 0 Å². The van der Waals surface area contributed by atoms with E-state index in [-0.39, 0.29) is 5.92 Å². The Morgan fingerprint density at radius 3 is 2.16 bits per heavy atom. The highest BCUT2D eigenvalue weighted by Crippen LogP contribution is 2.20. The van der Waals surface area contributed by atoms with Gasteiger partial charge in [-0.3, -0.25) is 4.79 Å². The molecule has 2 unspecified atom stereocenters. The number of carbonyl (C=O) groups is 1. The van der Waals surface area contributed by atoms with Crippen molar-refractivity contribution in [3.05, 3.63) is 0 Å². The van der Waals surface area contributed by atoms with Crippen LogP contribution in [-0.2, 0) is 4.79 Å². The zero-order chi connectivity index (χ0) is 14.6. The van der Waals surface area contributed by atoms with Crippen molar-refractivity contribution in [2.24, 2.45) is 17.8 Å². The predicted octanol–water partition coefficient (Wildman–Crippen LogP) is 2.90. The molecule has 1 fully saturated rings. The van der Waals surface area contributed by atoms with Crippen molar-refractivity contribution in [1.29, 1.82) is 0 Å². The summed E-state index contributed by atoms with van der Waals surface area (Å²) in [5.74, 6) is 1.74. The van der Waals surface area contributed by atoms with E-state index in [1.807, 2.05) is 13.8 Å². The van der Waals surface area contributed by atoms with Gasteiger partial charge in [0.1, 0.15) is 0 Å². The molecule has 1 aliphatic heterocycles. The van der Waals surface area contributed by atoms with Crippen LogP contribution >= 0.6 is 0 Å². The van der Waals surface area contributed by atoms with Gasteiger partial charge in [0.15, 0.2) is 0 Å². The predicted molar refractivity (Wildman–Crippen MR) is 81.0 cm³/mol. The van der Waals surface area contributed by atoms with Crippen LogP contribution in [0.3, 0.4) is 0 Å². The first kappa shape index (κ1) is 16.5. The SMILES string of the molecule is CC(C)CC1CN(C(=O)C(C)C)C(CC(C)C)CN1. The van der Waals surface area contributed by atoms with Crippen LogP contribution in [0.5, 0.6) is 0 Å². The molecular weight excluding hydrogens is 236 g/mol. The van der Waals surface area contributed by atoms with Crippen LogP contribution in [0.4, 0.5) is 0 Å². The first-order chi connectivity index (χ1) is 8.81. The summed E-state index contributed by atoms with van der Waals surface area (Å²) < 4.78 is 0. The van der Waals surface area contributed by atoms with Gasteiger partial charge in [-0.05, 0) is 24.7 Å². The molecule has 3 heteroatoms. The van der Waals surface area contributed by atoms with Crippen LogP contribution in [0.2, 0.25) is 0 Å². The van der Waals surface area contributed by atoms with E-state index >= 15 is 0 Å². The van der Waals surface area contributed by atoms with Gasteiger partial charge in [0.25, 0.3) is 0 Å². The van der Waals surface area contributed by atoms with Crippen LogP contribution in [0.15, 0.2) is 0 Å². The van der Waals surface area contributed by atoms with Gasteiger partial charge in [0.05, 0.1) is 0 Å². The molecular formula is C16H32N2O. The maximum Gasteiger partial charge on any atom is 0.225 e. The highest BCUT2D eigenvalue weighted by molar-refractivity contribution is 5.78. The lowest BCUT2D eigenvalue weighted by Gasteiger charge is -2.42. The number of hydrogen-bond acceptors (Lipinski definition) is 2. The standard InChI is InChI=1S/C16H32N2O/c1-11(2)7-14-10-18(16(19)13(5)6)15(9-17-14)8-12(3)4/h11-15,17H,7-10H2,1-6H3. The Morgan fingerprint density at radius 1 is 1.11 bits per heavy atom. The Morgan fingerprint density at radius 2 is 1.68 bits per heavy atom. The molecule has 1 aliphatic rings. The third-order valence-electron chi connectivity index (χ3n) is 3.78. The number of nitrogens with one attached hydrogen (secondary N) is 1. The Labute approximate surface area is 119 Å². The average molecular weight is 268 g/mol. The van der Waals surface area contributed by atoms with Gasteiger partial charge in [0, 0.05) is 31.1 Å². The summed E-state index contributed by atoms with van der Waals surface area (Å²) in [6, 6.07) is 0.837. The van der Waals surface area contributed by atoms with Gasteiger partial charge in [-0.25, -0.2) is 0 Å². The summed E-state index contributed by atoms with van der Waals surface area (Å²) in [5, 5.41) is 3.64. The van der Waals surface area contributed by atoms with Gasteiger partial charge >= 0.3 is 0 Å². The van der Waals surface area contributed by atoms with E-state index in [2.05, 4.69) is 37.9 Å². The summed E-state index contributed by atoms with van der Waals surface area (Å²) in [4.78, 5) is 14.6. The number of carbonyl (C=O) groups excluding carboxylic acids is 1. The number of nitrogens with zero attached hydrogens (tertiary/aromatic N) is 1. The minimum Gasteiger partial charge on any atom is -0.337 e. The molecule has 1 rings (SSSR count). The fourth-order valence-electron chi connectivity index (χ4n) is 2.95. The fourth-order valence-corrected chi connectivity index (χ4v) is 2.95. The Kier molecular flexibility index (Phi) is 6.31. The second kappa shape index (κ2) is 7.28. The molecule has 3 nitrogen and oxygen atoms in total. The Bertz CT molecular complexity index is 286. The van der Waals surface area contributed by atoms with Crippen LogP contribution in [0.25, 0.3) is 0 Å². The summed E-state index contributed by atoms with van der Waals surface area (Å²) in [5.41, 5.74) is 0. The molecule has 0 saturated carbocycles. The first-order valence-corrected chi connectivity index (χ1v) is 7.85. The third kappa shape index (κ3) is 5.13. The molecule has 0 aromatic rings. The number of amides is 1. The Hall–Kier alpha value is -0.570. The second-order valence-electron chi connectivity index (χ2n) is 7.16. The van der Waals surface area contributed by atoms with Crippen LogP contribution < -0.4 is 5.32 Å². The van der Waals surface area contributed by atoms with E-state index in [9.17, 15) is 4.79 Å². The molecule has 1 amide bonds. The van der Waals surface area contributed by atoms with Gasteiger partial charge in [-0.2, -0.15) is 0 Å². The minimum atomic E-state index is 0.104. The lowest BCUT2D eigenvalue weighted by atomic mass is 9.94. The van der Waals surface area contributed by atoms with E-state index in [4.69, 9.17) is 0 Å². The van der Waals surface area contributed by atoms with Crippen molar-refractivity contribution >= 4 is 5.91 Å². The molecule has 1 saturated heterocycles. The molecule has 0 spiro atoms. The normalized spacial score (nSPS) is 24.6. The monoisotopic (exact) mass is 268 g/mol. The molecule has 1 heterocycles. The van der Waals surface area contributed by atoms with E-state index < -0.39 is 0 Å². The second-order valence-corrected chi connectivity index (χ2v) is 7.16. The molecule has 0 aromatic carbocycles. The summed E-state index contributed by atoms with van der Waals surface area (Å²) in [7, 11) is 0. The lowest BCUT2D eigenvalue weighted by Crippen LogP contribution is -2.59. The Balaban J connectivity index is 2.71. The maximum absolute atomic E-state index is 12.4. The van der Waals surface area contributed by atoms with Crippen molar-refractivity contribution in [3.63, 3.8) is 0 Å². The first-order valence-electron chi connectivity index (χ1n) is 7.85. The maximum atomic E-state index is 12.4. The fraction of sp³-hybridized carbons (Fsp3) is 0.938. The smallest absolute Gasteiger partial charge is 0.225 e. The molecule has 19 heavy (non-hydrogen) atoms. The van der Waals surface area contributed by atoms with Crippen molar-refractivity contribution < 1.29 is 4.79 Å². The zero-order valence-electron chi connectivity index (χ0n) is 13.6. The highest BCUT2D eigenvalue weighted by atomic mass is 16.2. The van der Waals surface area contributed by atoms with Crippen LogP contribution in [0.1, 0.15) is 54.4 Å². The molecule has 2 atom stereocenters. The lowest BCUT2D eigenvalue weighted by molar-refractivity contribution is -0.139. The van der Waals surface area contributed by atoms with Crippen LogP contribution in [0, 0.1) is 17.8 Å². The van der Waals surface area contributed by atoms with Crippen molar-refractivity contribution in [1.82, 2.24) is 10.2 Å². The number of hydrogen-bond donors (Lipinski definition) is 1. The van der Waals surface area contributed by atoms with Crippen molar-refractivity contribution in [2.45, 2.75) is 66.5 Å². The van der Waals surface area contributed by atoms with E-state index in [1.165, 1.54) is 0 Å².